The Morgan fingerprint density at radius 3 is 2.81 bits per heavy atom. The van der Waals surface area contributed by atoms with Crippen molar-refractivity contribution in [3.63, 3.8) is 0 Å². The van der Waals surface area contributed by atoms with E-state index in [0.717, 1.165) is 50.1 Å². The van der Waals surface area contributed by atoms with E-state index in [9.17, 15) is 0 Å². The van der Waals surface area contributed by atoms with E-state index in [4.69, 9.17) is 9.15 Å². The lowest BCUT2D eigenvalue weighted by Gasteiger charge is -2.30. The predicted octanol–water partition coefficient (Wildman–Crippen LogP) is 3.48. The van der Waals surface area contributed by atoms with Crippen molar-refractivity contribution in [2.75, 3.05) is 45.9 Å². The van der Waals surface area contributed by atoms with Crippen molar-refractivity contribution in [2.45, 2.75) is 46.1 Å². The van der Waals surface area contributed by atoms with Crippen LogP contribution in [0.1, 0.15) is 45.3 Å². The van der Waals surface area contributed by atoms with Crippen LogP contribution in [0.25, 0.3) is 0 Å². The first-order valence-corrected chi connectivity index (χ1v) is 10.1. The zero-order valence-electron chi connectivity index (χ0n) is 16.9. The van der Waals surface area contributed by atoms with Crippen LogP contribution < -0.4 is 10.6 Å². The van der Waals surface area contributed by atoms with Gasteiger partial charge in [0, 0.05) is 26.2 Å². The van der Waals surface area contributed by atoms with E-state index in [1.54, 1.807) is 6.26 Å². The molecule has 0 saturated carbocycles. The maximum absolute atomic E-state index is 5.58. The molecule has 0 amide bonds. The molecule has 0 radical (unpaired) electrons. The fraction of sp³-hybridized carbons (Fsp3) is 0.750. The fourth-order valence-corrected chi connectivity index (χ4v) is 3.06. The molecule has 0 unspecified atom stereocenters. The van der Waals surface area contributed by atoms with E-state index in [2.05, 4.69) is 34.4 Å². The summed E-state index contributed by atoms with van der Waals surface area (Å²) < 4.78 is 10.8. The molecule has 1 saturated heterocycles. The Bertz CT molecular complexity index is 488. The van der Waals surface area contributed by atoms with Crippen LogP contribution in [0, 0.1) is 5.92 Å². The zero-order valence-corrected chi connectivity index (χ0v) is 19.2. The molecule has 1 aliphatic heterocycles. The molecule has 0 aromatic carbocycles. The minimum atomic E-state index is 0. The maximum Gasteiger partial charge on any atom is 0.191 e. The number of piperidine rings is 1. The van der Waals surface area contributed by atoms with Gasteiger partial charge in [0.05, 0.1) is 6.26 Å². The topological polar surface area (TPSA) is 62.0 Å². The Morgan fingerprint density at radius 2 is 2.11 bits per heavy atom. The zero-order chi connectivity index (χ0) is 18.5. The fourth-order valence-electron chi connectivity index (χ4n) is 3.06. The van der Waals surface area contributed by atoms with E-state index < -0.39 is 0 Å². The highest BCUT2D eigenvalue weighted by molar-refractivity contribution is 14.0. The number of halogens is 1. The van der Waals surface area contributed by atoms with Crippen LogP contribution in [0.3, 0.4) is 0 Å². The number of ether oxygens (including phenoxy) is 1. The number of aliphatic imine (C=N–C) groups is 1. The van der Waals surface area contributed by atoms with Crippen molar-refractivity contribution < 1.29 is 9.15 Å². The summed E-state index contributed by atoms with van der Waals surface area (Å²) in [6.45, 7) is 12.0. The monoisotopic (exact) mass is 492 g/mol. The average molecular weight is 492 g/mol. The van der Waals surface area contributed by atoms with Gasteiger partial charge in [-0.05, 0) is 70.3 Å². The van der Waals surface area contributed by atoms with Gasteiger partial charge in [-0.1, -0.05) is 6.92 Å². The molecule has 1 fully saturated rings. The third-order valence-electron chi connectivity index (χ3n) is 4.71. The van der Waals surface area contributed by atoms with Crippen LogP contribution in [-0.4, -0.2) is 56.7 Å². The van der Waals surface area contributed by atoms with Crippen molar-refractivity contribution in [3.05, 3.63) is 24.2 Å². The van der Waals surface area contributed by atoms with E-state index >= 15 is 0 Å². The highest BCUT2D eigenvalue weighted by atomic mass is 127. The van der Waals surface area contributed by atoms with Crippen molar-refractivity contribution >= 4 is 29.9 Å². The van der Waals surface area contributed by atoms with E-state index in [1.165, 1.54) is 32.5 Å². The number of guanidine groups is 1. The van der Waals surface area contributed by atoms with Gasteiger partial charge < -0.3 is 24.7 Å². The highest BCUT2D eigenvalue weighted by Crippen LogP contribution is 2.15. The molecule has 0 bridgehead atoms. The minimum absolute atomic E-state index is 0. The third-order valence-corrected chi connectivity index (χ3v) is 4.71. The SMILES string of the molecule is CCNC(=NCCCOCc1ccco1)NCCCN1CCC(C)CC1.I. The first-order valence-electron chi connectivity index (χ1n) is 10.1. The number of hydrogen-bond donors (Lipinski definition) is 2. The molecule has 0 atom stereocenters. The number of rotatable bonds is 11. The molecular formula is C20H37IN4O2. The van der Waals surface area contributed by atoms with E-state index in [-0.39, 0.29) is 24.0 Å². The Morgan fingerprint density at radius 1 is 1.30 bits per heavy atom. The molecule has 2 N–H and O–H groups in total. The lowest BCUT2D eigenvalue weighted by atomic mass is 9.99. The van der Waals surface area contributed by atoms with Gasteiger partial charge in [-0.3, -0.25) is 4.99 Å². The molecule has 6 nitrogen and oxygen atoms in total. The van der Waals surface area contributed by atoms with Crippen molar-refractivity contribution in [1.82, 2.24) is 15.5 Å². The Balaban J connectivity index is 0.00000364. The molecule has 2 heterocycles. The minimum Gasteiger partial charge on any atom is -0.467 e. The summed E-state index contributed by atoms with van der Waals surface area (Å²) in [5, 5.41) is 6.75. The molecule has 2 rings (SSSR count). The predicted molar refractivity (Wildman–Crippen MR) is 122 cm³/mol. The highest BCUT2D eigenvalue weighted by Gasteiger charge is 2.14. The average Bonchev–Trinajstić information content (AvgIpc) is 3.16. The van der Waals surface area contributed by atoms with Gasteiger partial charge in [0.2, 0.25) is 0 Å². The summed E-state index contributed by atoms with van der Waals surface area (Å²) >= 11 is 0. The number of furan rings is 1. The van der Waals surface area contributed by atoms with E-state index in [1.807, 2.05) is 12.1 Å². The van der Waals surface area contributed by atoms with Crippen LogP contribution in [-0.2, 0) is 11.3 Å². The Kier molecular flexibility index (Phi) is 13.6. The summed E-state index contributed by atoms with van der Waals surface area (Å²) in [4.78, 5) is 7.21. The van der Waals surface area contributed by atoms with Gasteiger partial charge in [-0.15, -0.1) is 24.0 Å². The summed E-state index contributed by atoms with van der Waals surface area (Å²) in [5.74, 6) is 2.68. The molecule has 1 aromatic rings. The van der Waals surface area contributed by atoms with Gasteiger partial charge in [0.15, 0.2) is 5.96 Å². The Labute approximate surface area is 181 Å². The van der Waals surface area contributed by atoms with Crippen LogP contribution in [0.4, 0.5) is 0 Å². The molecule has 7 heteroatoms. The van der Waals surface area contributed by atoms with Gasteiger partial charge in [-0.25, -0.2) is 0 Å². The van der Waals surface area contributed by atoms with Crippen molar-refractivity contribution in [2.24, 2.45) is 10.9 Å². The summed E-state index contributed by atoms with van der Waals surface area (Å²) in [7, 11) is 0. The van der Waals surface area contributed by atoms with Crippen LogP contribution in [0.5, 0.6) is 0 Å². The summed E-state index contributed by atoms with van der Waals surface area (Å²) in [6.07, 6.45) is 6.43. The Hall–Kier alpha value is -0.800. The van der Waals surface area contributed by atoms with Crippen LogP contribution in [0.15, 0.2) is 27.8 Å². The first kappa shape index (κ1) is 24.2. The van der Waals surface area contributed by atoms with Crippen molar-refractivity contribution in [3.8, 4) is 0 Å². The molecule has 1 aromatic heterocycles. The number of nitrogens with zero attached hydrogens (tertiary/aromatic N) is 2. The summed E-state index contributed by atoms with van der Waals surface area (Å²) in [5.41, 5.74) is 0. The van der Waals surface area contributed by atoms with E-state index in [0.29, 0.717) is 13.2 Å². The lowest BCUT2D eigenvalue weighted by Crippen LogP contribution is -2.39. The van der Waals surface area contributed by atoms with Crippen LogP contribution >= 0.6 is 24.0 Å². The first-order chi connectivity index (χ1) is 12.8. The normalized spacial score (nSPS) is 16.1. The molecule has 1 aliphatic rings. The van der Waals surface area contributed by atoms with Gasteiger partial charge in [0.25, 0.3) is 0 Å². The molecule has 27 heavy (non-hydrogen) atoms. The van der Waals surface area contributed by atoms with Gasteiger partial charge >= 0.3 is 0 Å². The quantitative estimate of drug-likeness (QED) is 0.214. The molecule has 0 aliphatic carbocycles. The standard InChI is InChI=1S/C20H36N4O2.HI/c1-3-21-20(22-10-5-12-24-13-8-18(2)9-14-24)23-11-6-15-25-17-19-7-4-16-26-19;/h4,7,16,18H,3,5-6,8-15,17H2,1-2H3,(H2,21,22,23);1H. The molecule has 0 spiro atoms. The second-order valence-corrected chi connectivity index (χ2v) is 7.05. The van der Waals surface area contributed by atoms with Gasteiger partial charge in [0.1, 0.15) is 12.4 Å². The van der Waals surface area contributed by atoms with Gasteiger partial charge in [-0.2, -0.15) is 0 Å². The second-order valence-electron chi connectivity index (χ2n) is 7.05. The molecular weight excluding hydrogens is 455 g/mol. The summed E-state index contributed by atoms with van der Waals surface area (Å²) in [6, 6.07) is 3.80. The number of nitrogens with one attached hydrogen (secondary N) is 2. The lowest BCUT2D eigenvalue weighted by molar-refractivity contribution is 0.105. The number of hydrogen-bond acceptors (Lipinski definition) is 4. The second kappa shape index (κ2) is 15.2. The smallest absolute Gasteiger partial charge is 0.191 e. The third kappa shape index (κ3) is 10.9. The molecule has 156 valence electrons. The number of likely N-dealkylation sites (tertiary alicyclic amines) is 1. The largest absolute Gasteiger partial charge is 0.467 e. The maximum atomic E-state index is 5.58. The van der Waals surface area contributed by atoms with Crippen LogP contribution in [0.2, 0.25) is 0 Å². The van der Waals surface area contributed by atoms with Crippen molar-refractivity contribution in [1.29, 1.82) is 0 Å².